The summed E-state index contributed by atoms with van der Waals surface area (Å²) in [4.78, 5) is 15.2. The molecule has 16 heavy (non-hydrogen) atoms. The molecule has 0 spiro atoms. The van der Waals surface area contributed by atoms with Crippen molar-refractivity contribution in [3.8, 4) is 5.75 Å². The van der Waals surface area contributed by atoms with Crippen LogP contribution in [0.1, 0.15) is 20.3 Å². The molecule has 0 aromatic carbocycles. The first kappa shape index (κ1) is 12.8. The number of rotatable bonds is 5. The maximum absolute atomic E-state index is 11.4. The van der Waals surface area contributed by atoms with Gasteiger partial charge < -0.3 is 10.1 Å². The molecule has 0 radical (unpaired) electrons. The van der Waals surface area contributed by atoms with Gasteiger partial charge in [-0.1, -0.05) is 18.5 Å². The average molecular weight is 243 g/mol. The summed E-state index contributed by atoms with van der Waals surface area (Å²) >= 11 is 5.62. The summed E-state index contributed by atoms with van der Waals surface area (Å²) in [6.45, 7) is 3.95. The van der Waals surface area contributed by atoms with Crippen molar-refractivity contribution in [2.45, 2.75) is 26.3 Å². The molecule has 0 aliphatic rings. The molecule has 0 saturated heterocycles. The van der Waals surface area contributed by atoms with E-state index >= 15 is 0 Å². The van der Waals surface area contributed by atoms with Crippen molar-refractivity contribution >= 4 is 17.5 Å². The number of nitrogens with one attached hydrogen (secondary N) is 1. The smallest absolute Gasteiger partial charge is 0.258 e. The van der Waals surface area contributed by atoms with Crippen molar-refractivity contribution in [2.24, 2.45) is 0 Å². The lowest BCUT2D eigenvalue weighted by Gasteiger charge is -2.11. The summed E-state index contributed by atoms with van der Waals surface area (Å²) in [6, 6.07) is 3.45. The van der Waals surface area contributed by atoms with E-state index in [4.69, 9.17) is 16.3 Å². The van der Waals surface area contributed by atoms with Gasteiger partial charge in [-0.25, -0.2) is 4.98 Å². The van der Waals surface area contributed by atoms with Gasteiger partial charge in [0.15, 0.2) is 6.61 Å². The molecule has 1 aromatic heterocycles. The molecule has 0 saturated carbocycles. The summed E-state index contributed by atoms with van der Waals surface area (Å²) in [7, 11) is 0. The molecule has 5 heteroatoms. The van der Waals surface area contributed by atoms with E-state index < -0.39 is 0 Å². The minimum Gasteiger partial charge on any atom is -0.482 e. The van der Waals surface area contributed by atoms with Gasteiger partial charge in [-0.05, 0) is 25.5 Å². The van der Waals surface area contributed by atoms with Crippen LogP contribution < -0.4 is 10.1 Å². The number of aromatic nitrogens is 1. The average Bonchev–Trinajstić information content (AvgIpc) is 2.28. The molecule has 1 N–H and O–H groups in total. The zero-order valence-electron chi connectivity index (χ0n) is 9.37. The predicted octanol–water partition coefficient (Wildman–Crippen LogP) is 2.03. The van der Waals surface area contributed by atoms with E-state index in [1.54, 1.807) is 12.1 Å². The zero-order valence-corrected chi connectivity index (χ0v) is 10.1. The van der Waals surface area contributed by atoms with Crippen LogP contribution in [-0.4, -0.2) is 23.5 Å². The van der Waals surface area contributed by atoms with Gasteiger partial charge in [0.05, 0.1) is 6.20 Å². The Labute approximate surface area is 100.0 Å². The Morgan fingerprint density at radius 3 is 2.94 bits per heavy atom. The summed E-state index contributed by atoms with van der Waals surface area (Å²) in [5.74, 6) is 0.396. The predicted molar refractivity (Wildman–Crippen MR) is 62.6 cm³/mol. The Balaban J connectivity index is 2.34. The van der Waals surface area contributed by atoms with Crippen LogP contribution in [0.4, 0.5) is 0 Å². The number of halogens is 1. The molecule has 4 nitrogen and oxygen atoms in total. The lowest BCUT2D eigenvalue weighted by molar-refractivity contribution is -0.123. The standard InChI is InChI=1S/C11H15ClN2O2/c1-3-8(2)14-11(15)7-16-9-4-5-10(12)13-6-9/h4-6,8H,3,7H2,1-2H3,(H,14,15). The van der Waals surface area contributed by atoms with E-state index in [9.17, 15) is 4.79 Å². The first-order valence-electron chi connectivity index (χ1n) is 5.15. The van der Waals surface area contributed by atoms with Crippen LogP contribution in [0.2, 0.25) is 5.15 Å². The van der Waals surface area contributed by atoms with Crippen molar-refractivity contribution in [3.05, 3.63) is 23.5 Å². The van der Waals surface area contributed by atoms with Crippen LogP contribution in [-0.2, 0) is 4.79 Å². The molecule has 0 aliphatic heterocycles. The first-order chi connectivity index (χ1) is 7.61. The van der Waals surface area contributed by atoms with E-state index in [1.807, 2.05) is 13.8 Å². The van der Waals surface area contributed by atoms with Crippen LogP contribution in [0, 0.1) is 0 Å². The highest BCUT2D eigenvalue weighted by atomic mass is 35.5. The highest BCUT2D eigenvalue weighted by Crippen LogP contribution is 2.11. The van der Waals surface area contributed by atoms with Gasteiger partial charge in [-0.2, -0.15) is 0 Å². The van der Waals surface area contributed by atoms with Crippen LogP contribution in [0.15, 0.2) is 18.3 Å². The summed E-state index contributed by atoms with van der Waals surface area (Å²) in [6.07, 6.45) is 2.38. The van der Waals surface area contributed by atoms with Crippen LogP contribution in [0.5, 0.6) is 5.75 Å². The summed E-state index contributed by atoms with van der Waals surface area (Å²) in [5, 5.41) is 3.20. The number of carbonyl (C=O) groups excluding carboxylic acids is 1. The van der Waals surface area contributed by atoms with Crippen molar-refractivity contribution in [2.75, 3.05) is 6.61 Å². The van der Waals surface area contributed by atoms with E-state index in [0.29, 0.717) is 10.9 Å². The van der Waals surface area contributed by atoms with Gasteiger partial charge in [-0.3, -0.25) is 4.79 Å². The van der Waals surface area contributed by atoms with Crippen LogP contribution >= 0.6 is 11.6 Å². The molecule has 1 amide bonds. The number of hydrogen-bond acceptors (Lipinski definition) is 3. The van der Waals surface area contributed by atoms with Gasteiger partial charge in [-0.15, -0.1) is 0 Å². The number of pyridine rings is 1. The van der Waals surface area contributed by atoms with Gasteiger partial charge in [0.2, 0.25) is 0 Å². The molecule has 88 valence electrons. The monoisotopic (exact) mass is 242 g/mol. The molecule has 1 heterocycles. The van der Waals surface area contributed by atoms with E-state index in [0.717, 1.165) is 6.42 Å². The molecular formula is C11H15ClN2O2. The second-order valence-electron chi connectivity index (χ2n) is 3.48. The third-order valence-electron chi connectivity index (χ3n) is 2.09. The van der Waals surface area contributed by atoms with Crippen LogP contribution in [0.3, 0.4) is 0 Å². The maximum atomic E-state index is 11.4. The second-order valence-corrected chi connectivity index (χ2v) is 3.87. The lowest BCUT2D eigenvalue weighted by Crippen LogP contribution is -2.35. The van der Waals surface area contributed by atoms with Crippen LogP contribution in [0.25, 0.3) is 0 Å². The second kappa shape index (κ2) is 6.33. The van der Waals surface area contributed by atoms with E-state index in [2.05, 4.69) is 10.3 Å². The van der Waals surface area contributed by atoms with Gasteiger partial charge >= 0.3 is 0 Å². The summed E-state index contributed by atoms with van der Waals surface area (Å²) in [5.41, 5.74) is 0. The molecular weight excluding hydrogens is 228 g/mol. The molecule has 0 fully saturated rings. The third-order valence-corrected chi connectivity index (χ3v) is 2.31. The molecule has 1 rings (SSSR count). The van der Waals surface area contributed by atoms with E-state index in [1.165, 1.54) is 6.20 Å². The van der Waals surface area contributed by atoms with Crippen molar-refractivity contribution in [1.29, 1.82) is 0 Å². The Hall–Kier alpha value is -1.29. The number of amides is 1. The number of carbonyl (C=O) groups is 1. The first-order valence-corrected chi connectivity index (χ1v) is 5.53. The third kappa shape index (κ3) is 4.49. The number of hydrogen-bond donors (Lipinski definition) is 1. The largest absolute Gasteiger partial charge is 0.482 e. The van der Waals surface area contributed by atoms with Gasteiger partial charge in [0, 0.05) is 6.04 Å². The topological polar surface area (TPSA) is 51.2 Å². The minimum atomic E-state index is -0.135. The quantitative estimate of drug-likeness (QED) is 0.804. The fourth-order valence-electron chi connectivity index (χ4n) is 1.02. The minimum absolute atomic E-state index is 0.00630. The van der Waals surface area contributed by atoms with Crippen molar-refractivity contribution < 1.29 is 9.53 Å². The van der Waals surface area contributed by atoms with Gasteiger partial charge in [0.25, 0.3) is 5.91 Å². The van der Waals surface area contributed by atoms with Crippen molar-refractivity contribution in [3.63, 3.8) is 0 Å². The van der Waals surface area contributed by atoms with Gasteiger partial charge in [0.1, 0.15) is 10.9 Å². The molecule has 0 aliphatic carbocycles. The SMILES string of the molecule is CCC(C)NC(=O)COc1ccc(Cl)nc1. The number of nitrogens with zero attached hydrogens (tertiary/aromatic N) is 1. The molecule has 1 unspecified atom stereocenters. The Kier molecular flexibility index (Phi) is 5.05. The normalized spacial score (nSPS) is 11.9. The number of ether oxygens (including phenoxy) is 1. The lowest BCUT2D eigenvalue weighted by atomic mass is 10.2. The van der Waals surface area contributed by atoms with E-state index in [-0.39, 0.29) is 18.6 Å². The maximum Gasteiger partial charge on any atom is 0.258 e. The fraction of sp³-hybridized carbons (Fsp3) is 0.455. The fourth-order valence-corrected chi connectivity index (χ4v) is 1.13. The Morgan fingerprint density at radius 2 is 2.38 bits per heavy atom. The molecule has 1 aromatic rings. The Bertz CT molecular complexity index is 340. The molecule has 1 atom stereocenters. The summed E-state index contributed by atoms with van der Waals surface area (Å²) < 4.78 is 5.23. The highest BCUT2D eigenvalue weighted by molar-refractivity contribution is 6.29. The molecule has 0 bridgehead atoms. The highest BCUT2D eigenvalue weighted by Gasteiger charge is 2.06. The Morgan fingerprint density at radius 1 is 1.62 bits per heavy atom. The van der Waals surface area contributed by atoms with Crippen molar-refractivity contribution in [1.82, 2.24) is 10.3 Å². The zero-order chi connectivity index (χ0) is 12.0.